The van der Waals surface area contributed by atoms with Gasteiger partial charge in [-0.25, -0.2) is 4.98 Å². The lowest BCUT2D eigenvalue weighted by atomic mass is 10.1. The van der Waals surface area contributed by atoms with Crippen LogP contribution in [0.25, 0.3) is 10.8 Å². The van der Waals surface area contributed by atoms with Gasteiger partial charge in [0.1, 0.15) is 5.69 Å². The number of halogens is 1. The molecule has 1 amide bonds. The number of amides is 1. The van der Waals surface area contributed by atoms with Gasteiger partial charge in [0, 0.05) is 39.5 Å². The second-order valence-corrected chi connectivity index (χ2v) is 5.04. The molecule has 5 heteroatoms. The molecular formula is C15H10BrN3O. The van der Waals surface area contributed by atoms with Crippen molar-refractivity contribution in [2.24, 2.45) is 0 Å². The molecule has 1 aromatic carbocycles. The van der Waals surface area contributed by atoms with Gasteiger partial charge in [0.15, 0.2) is 0 Å². The van der Waals surface area contributed by atoms with E-state index in [4.69, 9.17) is 0 Å². The lowest BCUT2D eigenvalue weighted by Crippen LogP contribution is -2.14. The SMILES string of the molecule is O=C(Nc1cccc2cnccc12)c1ncccc1Br. The molecule has 3 rings (SSSR count). The van der Waals surface area contributed by atoms with Crippen molar-refractivity contribution in [2.45, 2.75) is 0 Å². The molecule has 2 heterocycles. The average Bonchev–Trinajstić information content (AvgIpc) is 2.48. The second kappa shape index (κ2) is 5.38. The number of carbonyl (C=O) groups excluding carboxylic acids is 1. The van der Waals surface area contributed by atoms with E-state index in [1.165, 1.54) is 0 Å². The molecule has 0 aliphatic carbocycles. The fourth-order valence-electron chi connectivity index (χ4n) is 1.97. The van der Waals surface area contributed by atoms with Gasteiger partial charge in [-0.1, -0.05) is 12.1 Å². The van der Waals surface area contributed by atoms with Crippen molar-refractivity contribution in [1.82, 2.24) is 9.97 Å². The van der Waals surface area contributed by atoms with Crippen molar-refractivity contribution in [1.29, 1.82) is 0 Å². The van der Waals surface area contributed by atoms with Crippen LogP contribution in [0.4, 0.5) is 5.69 Å². The third-order valence-corrected chi connectivity index (χ3v) is 3.54. The van der Waals surface area contributed by atoms with Crippen LogP contribution in [0.2, 0.25) is 0 Å². The number of aromatic nitrogens is 2. The number of hydrogen-bond acceptors (Lipinski definition) is 3. The zero-order valence-electron chi connectivity index (χ0n) is 10.4. The Bertz CT molecular complexity index is 783. The topological polar surface area (TPSA) is 54.9 Å². The molecule has 0 unspecified atom stereocenters. The van der Waals surface area contributed by atoms with Gasteiger partial charge in [-0.05, 0) is 40.2 Å². The number of carbonyl (C=O) groups is 1. The molecule has 0 radical (unpaired) electrons. The molecule has 0 aliphatic rings. The van der Waals surface area contributed by atoms with E-state index in [1.54, 1.807) is 30.7 Å². The highest BCUT2D eigenvalue weighted by Crippen LogP contribution is 2.23. The fraction of sp³-hybridized carbons (Fsp3) is 0. The van der Waals surface area contributed by atoms with Crippen LogP contribution in [0.5, 0.6) is 0 Å². The van der Waals surface area contributed by atoms with Crippen LogP contribution in [0.1, 0.15) is 10.5 Å². The maximum Gasteiger partial charge on any atom is 0.275 e. The summed E-state index contributed by atoms with van der Waals surface area (Å²) in [6, 6.07) is 11.1. The predicted molar refractivity (Wildman–Crippen MR) is 81.6 cm³/mol. The Kier molecular flexibility index (Phi) is 3.43. The molecule has 20 heavy (non-hydrogen) atoms. The monoisotopic (exact) mass is 327 g/mol. The van der Waals surface area contributed by atoms with Crippen molar-refractivity contribution in [3.63, 3.8) is 0 Å². The highest BCUT2D eigenvalue weighted by molar-refractivity contribution is 9.10. The molecule has 0 fully saturated rings. The standard InChI is InChI=1S/C15H10BrN3O/c16-12-4-2-7-18-14(12)15(20)19-13-5-1-3-10-9-17-8-6-11(10)13/h1-9H,(H,19,20). The van der Waals surface area contributed by atoms with Gasteiger partial charge in [0.2, 0.25) is 0 Å². The van der Waals surface area contributed by atoms with E-state index in [0.29, 0.717) is 10.2 Å². The Balaban J connectivity index is 1.98. The normalized spacial score (nSPS) is 10.4. The first-order valence-corrected chi connectivity index (χ1v) is 6.79. The van der Waals surface area contributed by atoms with Crippen molar-refractivity contribution < 1.29 is 4.79 Å². The van der Waals surface area contributed by atoms with Crippen LogP contribution in [0, 0.1) is 0 Å². The van der Waals surface area contributed by atoms with Crippen molar-refractivity contribution in [3.05, 3.63) is 65.2 Å². The first kappa shape index (κ1) is 12.7. The number of nitrogens with zero attached hydrogens (tertiary/aromatic N) is 2. The molecule has 0 atom stereocenters. The van der Waals surface area contributed by atoms with Crippen LogP contribution in [-0.2, 0) is 0 Å². The predicted octanol–water partition coefficient (Wildman–Crippen LogP) is 3.64. The largest absolute Gasteiger partial charge is 0.320 e. The minimum absolute atomic E-state index is 0.248. The minimum atomic E-state index is -0.248. The highest BCUT2D eigenvalue weighted by atomic mass is 79.9. The molecular weight excluding hydrogens is 318 g/mol. The third kappa shape index (κ3) is 2.40. The summed E-state index contributed by atoms with van der Waals surface area (Å²) >= 11 is 3.33. The number of pyridine rings is 2. The van der Waals surface area contributed by atoms with Gasteiger partial charge in [0.25, 0.3) is 5.91 Å². The van der Waals surface area contributed by atoms with Crippen LogP contribution < -0.4 is 5.32 Å². The third-order valence-electron chi connectivity index (χ3n) is 2.90. The summed E-state index contributed by atoms with van der Waals surface area (Å²) in [5, 5.41) is 4.81. The van der Waals surface area contributed by atoms with Crippen molar-refractivity contribution >= 4 is 38.3 Å². The number of nitrogens with one attached hydrogen (secondary N) is 1. The molecule has 3 aromatic rings. The van der Waals surface area contributed by atoms with Crippen LogP contribution in [-0.4, -0.2) is 15.9 Å². The molecule has 0 bridgehead atoms. The number of fused-ring (bicyclic) bond motifs is 1. The molecule has 0 spiro atoms. The van der Waals surface area contributed by atoms with E-state index in [0.717, 1.165) is 16.5 Å². The molecule has 2 aromatic heterocycles. The minimum Gasteiger partial charge on any atom is -0.320 e. The van der Waals surface area contributed by atoms with Crippen molar-refractivity contribution in [2.75, 3.05) is 5.32 Å². The smallest absolute Gasteiger partial charge is 0.275 e. The Labute approximate surface area is 124 Å². The summed E-state index contributed by atoms with van der Waals surface area (Å²) in [5.41, 5.74) is 1.10. The maximum absolute atomic E-state index is 12.3. The summed E-state index contributed by atoms with van der Waals surface area (Å²) in [4.78, 5) is 20.4. The molecule has 4 nitrogen and oxygen atoms in total. The summed E-state index contributed by atoms with van der Waals surface area (Å²) in [5.74, 6) is -0.248. The van der Waals surface area contributed by atoms with Gasteiger partial charge in [-0.15, -0.1) is 0 Å². The Morgan fingerprint density at radius 2 is 2.00 bits per heavy atom. The second-order valence-electron chi connectivity index (χ2n) is 4.19. The molecule has 0 aliphatic heterocycles. The van der Waals surface area contributed by atoms with E-state index >= 15 is 0 Å². The number of anilines is 1. The van der Waals surface area contributed by atoms with Gasteiger partial charge in [0.05, 0.1) is 0 Å². The molecule has 0 saturated carbocycles. The zero-order valence-corrected chi connectivity index (χ0v) is 12.0. The van der Waals surface area contributed by atoms with E-state index in [9.17, 15) is 4.79 Å². The Morgan fingerprint density at radius 1 is 1.10 bits per heavy atom. The zero-order chi connectivity index (χ0) is 13.9. The fourth-order valence-corrected chi connectivity index (χ4v) is 2.40. The molecule has 0 saturated heterocycles. The Hall–Kier alpha value is -2.27. The van der Waals surface area contributed by atoms with Gasteiger partial charge in [-0.3, -0.25) is 9.78 Å². The van der Waals surface area contributed by atoms with Gasteiger partial charge in [-0.2, -0.15) is 0 Å². The van der Waals surface area contributed by atoms with E-state index in [1.807, 2.05) is 24.3 Å². The first-order chi connectivity index (χ1) is 9.75. The summed E-state index contributed by atoms with van der Waals surface area (Å²) in [7, 11) is 0. The summed E-state index contributed by atoms with van der Waals surface area (Å²) in [6.07, 6.45) is 5.06. The quantitative estimate of drug-likeness (QED) is 0.781. The summed E-state index contributed by atoms with van der Waals surface area (Å²) in [6.45, 7) is 0. The Morgan fingerprint density at radius 3 is 2.85 bits per heavy atom. The van der Waals surface area contributed by atoms with E-state index in [2.05, 4.69) is 31.2 Å². The average molecular weight is 328 g/mol. The van der Waals surface area contributed by atoms with Crippen LogP contribution in [0.15, 0.2) is 59.5 Å². The number of benzene rings is 1. The van der Waals surface area contributed by atoms with Gasteiger partial charge < -0.3 is 5.32 Å². The van der Waals surface area contributed by atoms with Crippen LogP contribution in [0.3, 0.4) is 0 Å². The van der Waals surface area contributed by atoms with E-state index in [-0.39, 0.29) is 5.91 Å². The van der Waals surface area contributed by atoms with Crippen LogP contribution >= 0.6 is 15.9 Å². The highest BCUT2D eigenvalue weighted by Gasteiger charge is 2.12. The maximum atomic E-state index is 12.3. The summed E-state index contributed by atoms with van der Waals surface area (Å²) < 4.78 is 0.666. The first-order valence-electron chi connectivity index (χ1n) is 6.00. The number of hydrogen-bond donors (Lipinski definition) is 1. The van der Waals surface area contributed by atoms with Gasteiger partial charge >= 0.3 is 0 Å². The lowest BCUT2D eigenvalue weighted by molar-refractivity contribution is 0.102. The lowest BCUT2D eigenvalue weighted by Gasteiger charge is -2.08. The number of rotatable bonds is 2. The van der Waals surface area contributed by atoms with E-state index < -0.39 is 0 Å². The molecule has 1 N–H and O–H groups in total. The molecule has 98 valence electrons. The van der Waals surface area contributed by atoms with Crippen molar-refractivity contribution in [3.8, 4) is 0 Å².